The van der Waals surface area contributed by atoms with Crippen LogP contribution in [0.4, 0.5) is 4.39 Å². The average Bonchev–Trinajstić information content (AvgIpc) is 2.96. The van der Waals surface area contributed by atoms with E-state index in [9.17, 15) is 9.18 Å². The molecule has 23 heavy (non-hydrogen) atoms. The highest BCUT2D eigenvalue weighted by Crippen LogP contribution is 2.20. The molecule has 0 saturated carbocycles. The number of nitrogens with one attached hydrogen (secondary N) is 2. The molecule has 1 heterocycles. The lowest BCUT2D eigenvalue weighted by Gasteiger charge is -2.12. The molecule has 1 atom stereocenters. The SMILES string of the molecule is CC(Cc1c[nH]c2ccccc12)C(=O)NCc1cccc(F)c1. The Bertz CT molecular complexity index is 825. The Balaban J connectivity index is 1.61. The second-order valence-corrected chi connectivity index (χ2v) is 5.81. The highest BCUT2D eigenvalue weighted by molar-refractivity contribution is 5.84. The van der Waals surface area contributed by atoms with Gasteiger partial charge in [-0.25, -0.2) is 4.39 Å². The quantitative estimate of drug-likeness (QED) is 0.739. The van der Waals surface area contributed by atoms with Crippen molar-refractivity contribution in [2.75, 3.05) is 0 Å². The molecular weight excluding hydrogens is 291 g/mol. The van der Waals surface area contributed by atoms with E-state index in [1.165, 1.54) is 12.1 Å². The maximum atomic E-state index is 13.1. The molecule has 2 N–H and O–H groups in total. The Labute approximate surface area is 134 Å². The highest BCUT2D eigenvalue weighted by Gasteiger charge is 2.15. The van der Waals surface area contributed by atoms with Gasteiger partial charge in [0.05, 0.1) is 0 Å². The number of benzene rings is 2. The molecular formula is C19H19FN2O. The van der Waals surface area contributed by atoms with Gasteiger partial charge in [-0.3, -0.25) is 4.79 Å². The summed E-state index contributed by atoms with van der Waals surface area (Å²) in [5.74, 6) is -0.467. The zero-order valence-corrected chi connectivity index (χ0v) is 13.0. The van der Waals surface area contributed by atoms with Gasteiger partial charge in [-0.15, -0.1) is 0 Å². The number of hydrogen-bond acceptors (Lipinski definition) is 1. The Morgan fingerprint density at radius 2 is 2.04 bits per heavy atom. The molecule has 0 bridgehead atoms. The van der Waals surface area contributed by atoms with E-state index in [0.29, 0.717) is 13.0 Å². The van der Waals surface area contributed by atoms with Crippen molar-refractivity contribution in [3.8, 4) is 0 Å². The summed E-state index contributed by atoms with van der Waals surface area (Å²) < 4.78 is 13.1. The first-order valence-electron chi connectivity index (χ1n) is 7.70. The average molecular weight is 310 g/mol. The van der Waals surface area contributed by atoms with Crippen LogP contribution in [-0.2, 0) is 17.8 Å². The lowest BCUT2D eigenvalue weighted by atomic mass is 10.00. The predicted octanol–water partition coefficient (Wildman–Crippen LogP) is 3.80. The van der Waals surface area contributed by atoms with Gasteiger partial charge in [-0.1, -0.05) is 37.3 Å². The lowest BCUT2D eigenvalue weighted by Crippen LogP contribution is -2.29. The number of halogens is 1. The smallest absolute Gasteiger partial charge is 0.223 e. The first-order chi connectivity index (χ1) is 11.1. The normalized spacial score (nSPS) is 12.3. The van der Waals surface area contributed by atoms with Crippen molar-refractivity contribution in [1.82, 2.24) is 10.3 Å². The summed E-state index contributed by atoms with van der Waals surface area (Å²) in [5.41, 5.74) is 2.97. The van der Waals surface area contributed by atoms with Crippen LogP contribution in [0.2, 0.25) is 0 Å². The van der Waals surface area contributed by atoms with Crippen LogP contribution in [0, 0.1) is 11.7 Å². The van der Waals surface area contributed by atoms with Crippen molar-refractivity contribution in [1.29, 1.82) is 0 Å². The molecule has 118 valence electrons. The van der Waals surface area contributed by atoms with Crippen molar-refractivity contribution in [2.45, 2.75) is 19.9 Å². The molecule has 1 aromatic heterocycles. The van der Waals surface area contributed by atoms with Gasteiger partial charge in [-0.2, -0.15) is 0 Å². The third kappa shape index (κ3) is 3.59. The van der Waals surface area contributed by atoms with E-state index >= 15 is 0 Å². The fraction of sp³-hybridized carbons (Fsp3) is 0.211. The molecule has 0 aliphatic rings. The number of fused-ring (bicyclic) bond motifs is 1. The number of para-hydroxylation sites is 1. The van der Waals surface area contributed by atoms with Crippen LogP contribution in [0.15, 0.2) is 54.7 Å². The molecule has 0 saturated heterocycles. The molecule has 3 rings (SSSR count). The molecule has 1 unspecified atom stereocenters. The molecule has 3 aromatic rings. The highest BCUT2D eigenvalue weighted by atomic mass is 19.1. The molecule has 0 fully saturated rings. The van der Waals surface area contributed by atoms with Gasteiger partial charge in [0.25, 0.3) is 0 Å². The third-order valence-electron chi connectivity index (χ3n) is 4.00. The Hall–Kier alpha value is -2.62. The summed E-state index contributed by atoms with van der Waals surface area (Å²) in [6.45, 7) is 2.25. The monoisotopic (exact) mass is 310 g/mol. The number of hydrogen-bond donors (Lipinski definition) is 2. The number of aromatic nitrogens is 1. The van der Waals surface area contributed by atoms with E-state index in [2.05, 4.69) is 16.4 Å². The minimum absolute atomic E-state index is 0.0282. The number of amides is 1. The minimum Gasteiger partial charge on any atom is -0.361 e. The van der Waals surface area contributed by atoms with Gasteiger partial charge in [0.2, 0.25) is 5.91 Å². The number of carbonyl (C=O) groups is 1. The Kier molecular flexibility index (Phi) is 4.42. The molecule has 4 heteroatoms. The second-order valence-electron chi connectivity index (χ2n) is 5.81. The van der Waals surface area contributed by atoms with Crippen LogP contribution in [0.1, 0.15) is 18.1 Å². The molecule has 1 amide bonds. The molecule has 0 aliphatic heterocycles. The number of carbonyl (C=O) groups excluding carboxylic acids is 1. The standard InChI is InChI=1S/C19H19FN2O/c1-13(9-15-12-21-18-8-3-2-7-17(15)18)19(23)22-11-14-5-4-6-16(20)10-14/h2-8,10,12-13,21H,9,11H2,1H3,(H,22,23). The number of rotatable bonds is 5. The third-order valence-corrected chi connectivity index (χ3v) is 4.00. The summed E-state index contributed by atoms with van der Waals surface area (Å²) in [6, 6.07) is 14.3. The van der Waals surface area contributed by atoms with Crippen molar-refractivity contribution >= 4 is 16.8 Å². The topological polar surface area (TPSA) is 44.9 Å². The summed E-state index contributed by atoms with van der Waals surface area (Å²) in [7, 11) is 0. The van der Waals surface area contributed by atoms with Crippen LogP contribution < -0.4 is 5.32 Å². The predicted molar refractivity (Wildman–Crippen MR) is 89.4 cm³/mol. The summed E-state index contributed by atoms with van der Waals surface area (Å²) >= 11 is 0. The van der Waals surface area contributed by atoms with Crippen molar-refractivity contribution in [3.63, 3.8) is 0 Å². The van der Waals surface area contributed by atoms with Crippen molar-refractivity contribution in [3.05, 3.63) is 71.7 Å². The van der Waals surface area contributed by atoms with Crippen LogP contribution in [-0.4, -0.2) is 10.9 Å². The van der Waals surface area contributed by atoms with Crippen molar-refractivity contribution in [2.24, 2.45) is 5.92 Å². The first-order valence-corrected chi connectivity index (χ1v) is 7.70. The van der Waals surface area contributed by atoms with Crippen LogP contribution in [0.25, 0.3) is 10.9 Å². The van der Waals surface area contributed by atoms with Gasteiger partial charge in [-0.05, 0) is 35.7 Å². The molecule has 2 aromatic carbocycles. The van der Waals surface area contributed by atoms with E-state index < -0.39 is 0 Å². The zero-order chi connectivity index (χ0) is 16.2. The fourth-order valence-corrected chi connectivity index (χ4v) is 2.73. The van der Waals surface area contributed by atoms with E-state index in [1.807, 2.05) is 31.3 Å². The van der Waals surface area contributed by atoms with Gasteiger partial charge in [0.1, 0.15) is 5.82 Å². The fourth-order valence-electron chi connectivity index (χ4n) is 2.73. The van der Waals surface area contributed by atoms with Crippen LogP contribution in [0.3, 0.4) is 0 Å². The number of aromatic amines is 1. The van der Waals surface area contributed by atoms with Gasteiger partial charge in [0, 0.05) is 29.6 Å². The zero-order valence-electron chi connectivity index (χ0n) is 13.0. The summed E-state index contributed by atoms with van der Waals surface area (Å²) in [4.78, 5) is 15.5. The van der Waals surface area contributed by atoms with E-state index in [4.69, 9.17) is 0 Å². The summed E-state index contributed by atoms with van der Waals surface area (Å²) in [5, 5.41) is 4.02. The number of H-pyrrole nitrogens is 1. The maximum Gasteiger partial charge on any atom is 0.223 e. The van der Waals surface area contributed by atoms with Gasteiger partial charge >= 0.3 is 0 Å². The van der Waals surface area contributed by atoms with E-state index in [0.717, 1.165) is 22.0 Å². The molecule has 0 aliphatic carbocycles. The van der Waals surface area contributed by atoms with Crippen molar-refractivity contribution < 1.29 is 9.18 Å². The van der Waals surface area contributed by atoms with Crippen LogP contribution >= 0.6 is 0 Å². The van der Waals surface area contributed by atoms with E-state index in [-0.39, 0.29) is 17.6 Å². The maximum absolute atomic E-state index is 13.1. The van der Waals surface area contributed by atoms with Gasteiger partial charge in [0.15, 0.2) is 0 Å². The Morgan fingerprint density at radius 3 is 2.87 bits per heavy atom. The minimum atomic E-state index is -0.288. The molecule has 3 nitrogen and oxygen atoms in total. The summed E-state index contributed by atoms with van der Waals surface area (Å²) in [6.07, 6.45) is 2.63. The molecule has 0 spiro atoms. The largest absolute Gasteiger partial charge is 0.361 e. The Morgan fingerprint density at radius 1 is 1.22 bits per heavy atom. The molecule has 0 radical (unpaired) electrons. The second kappa shape index (κ2) is 6.65. The lowest BCUT2D eigenvalue weighted by molar-refractivity contribution is -0.124. The van der Waals surface area contributed by atoms with Crippen LogP contribution in [0.5, 0.6) is 0 Å². The first kappa shape index (κ1) is 15.3. The van der Waals surface area contributed by atoms with Gasteiger partial charge < -0.3 is 10.3 Å². The van der Waals surface area contributed by atoms with E-state index in [1.54, 1.807) is 12.1 Å².